The first-order valence-electron chi connectivity index (χ1n) is 5.68. The number of pyridine rings is 1. The highest BCUT2D eigenvalue weighted by Gasteiger charge is 2.20. The number of thiophene rings is 1. The molecule has 0 aliphatic rings. The highest BCUT2D eigenvalue weighted by atomic mass is 32.1. The van der Waals surface area contributed by atoms with Crippen LogP contribution in [0.25, 0.3) is 0 Å². The molecule has 0 atom stereocenters. The van der Waals surface area contributed by atoms with Crippen molar-refractivity contribution in [3.8, 4) is 0 Å². The van der Waals surface area contributed by atoms with Gasteiger partial charge in [-0.2, -0.15) is 11.3 Å². The van der Waals surface area contributed by atoms with Gasteiger partial charge in [-0.25, -0.2) is 4.98 Å². The van der Waals surface area contributed by atoms with Crippen LogP contribution in [0, 0.1) is 10.1 Å². The Morgan fingerprint density at radius 2 is 2.32 bits per heavy atom. The van der Waals surface area contributed by atoms with Gasteiger partial charge in [-0.3, -0.25) is 10.1 Å². The van der Waals surface area contributed by atoms with Crippen molar-refractivity contribution in [2.45, 2.75) is 6.54 Å². The highest BCUT2D eigenvalue weighted by Crippen LogP contribution is 2.26. The third kappa shape index (κ3) is 3.27. The summed E-state index contributed by atoms with van der Waals surface area (Å²) in [6, 6.07) is 4.90. The lowest BCUT2D eigenvalue weighted by atomic mass is 10.3. The first-order valence-corrected chi connectivity index (χ1v) is 6.63. The van der Waals surface area contributed by atoms with E-state index in [4.69, 9.17) is 5.11 Å². The van der Waals surface area contributed by atoms with Crippen molar-refractivity contribution in [3.63, 3.8) is 0 Å². The standard InChI is InChI=1S/C12H13N3O3S/c16-6-5-14(8-10-3-7-19-9-10)12-11(15(17)18)2-1-4-13-12/h1-4,7,9,16H,5-6,8H2. The number of hydrogen-bond acceptors (Lipinski definition) is 6. The van der Waals surface area contributed by atoms with E-state index in [9.17, 15) is 10.1 Å². The van der Waals surface area contributed by atoms with Crippen LogP contribution < -0.4 is 4.90 Å². The molecule has 6 nitrogen and oxygen atoms in total. The first-order chi connectivity index (χ1) is 9.22. The van der Waals surface area contributed by atoms with Crippen LogP contribution >= 0.6 is 11.3 Å². The van der Waals surface area contributed by atoms with Gasteiger partial charge in [-0.1, -0.05) is 0 Å². The summed E-state index contributed by atoms with van der Waals surface area (Å²) in [5, 5.41) is 24.0. The van der Waals surface area contributed by atoms with Gasteiger partial charge in [-0.15, -0.1) is 0 Å². The van der Waals surface area contributed by atoms with Crippen LogP contribution in [0.2, 0.25) is 0 Å². The molecule has 0 spiro atoms. The summed E-state index contributed by atoms with van der Waals surface area (Å²) in [7, 11) is 0. The van der Waals surface area contributed by atoms with E-state index < -0.39 is 4.92 Å². The second-order valence-corrected chi connectivity index (χ2v) is 4.66. The molecule has 2 heterocycles. The Kier molecular flexibility index (Phi) is 4.43. The third-order valence-electron chi connectivity index (χ3n) is 2.59. The van der Waals surface area contributed by atoms with E-state index in [1.807, 2.05) is 16.8 Å². The molecule has 2 aromatic heterocycles. The van der Waals surface area contributed by atoms with E-state index in [0.717, 1.165) is 5.56 Å². The van der Waals surface area contributed by atoms with Gasteiger partial charge in [-0.05, 0) is 28.5 Å². The fraction of sp³-hybridized carbons (Fsp3) is 0.250. The van der Waals surface area contributed by atoms with Crippen LogP contribution in [0.4, 0.5) is 11.5 Å². The van der Waals surface area contributed by atoms with Gasteiger partial charge < -0.3 is 10.0 Å². The number of nitro groups is 1. The minimum atomic E-state index is -0.458. The van der Waals surface area contributed by atoms with E-state index >= 15 is 0 Å². The van der Waals surface area contributed by atoms with Gasteiger partial charge >= 0.3 is 5.69 Å². The van der Waals surface area contributed by atoms with Gasteiger partial charge in [0.25, 0.3) is 0 Å². The predicted octanol–water partition coefficient (Wildman–Crippen LogP) is 2.05. The molecule has 0 amide bonds. The van der Waals surface area contributed by atoms with E-state index in [2.05, 4.69) is 4.98 Å². The minimum Gasteiger partial charge on any atom is -0.395 e. The molecule has 19 heavy (non-hydrogen) atoms. The highest BCUT2D eigenvalue weighted by molar-refractivity contribution is 7.07. The Morgan fingerprint density at radius 1 is 1.47 bits per heavy atom. The summed E-state index contributed by atoms with van der Waals surface area (Å²) in [4.78, 5) is 16.3. The van der Waals surface area contributed by atoms with Crippen molar-refractivity contribution in [2.75, 3.05) is 18.1 Å². The molecule has 0 saturated heterocycles. The summed E-state index contributed by atoms with van der Waals surface area (Å²) in [5.41, 5.74) is 0.990. The van der Waals surface area contributed by atoms with Crippen molar-refractivity contribution in [3.05, 3.63) is 50.8 Å². The average molecular weight is 279 g/mol. The molecule has 0 saturated carbocycles. The second-order valence-electron chi connectivity index (χ2n) is 3.88. The summed E-state index contributed by atoms with van der Waals surface area (Å²) >= 11 is 1.56. The number of aliphatic hydroxyl groups is 1. The minimum absolute atomic E-state index is 0.0498. The third-order valence-corrected chi connectivity index (χ3v) is 3.32. The lowest BCUT2D eigenvalue weighted by Crippen LogP contribution is -2.27. The van der Waals surface area contributed by atoms with Crippen LogP contribution in [0.1, 0.15) is 5.56 Å². The summed E-state index contributed by atoms with van der Waals surface area (Å²) in [5.74, 6) is 0.285. The Hall–Kier alpha value is -1.99. The number of aromatic nitrogens is 1. The number of nitrogens with zero attached hydrogens (tertiary/aromatic N) is 3. The van der Waals surface area contributed by atoms with Gasteiger partial charge in [0.1, 0.15) is 0 Å². The zero-order valence-electron chi connectivity index (χ0n) is 10.1. The van der Waals surface area contributed by atoms with E-state index in [1.54, 1.807) is 16.2 Å². The van der Waals surface area contributed by atoms with Crippen LogP contribution in [-0.4, -0.2) is 28.2 Å². The maximum Gasteiger partial charge on any atom is 0.311 e. The summed E-state index contributed by atoms with van der Waals surface area (Å²) in [6.45, 7) is 0.702. The van der Waals surface area contributed by atoms with Crippen LogP contribution in [-0.2, 0) is 6.54 Å². The van der Waals surface area contributed by atoms with E-state index in [1.165, 1.54) is 18.3 Å². The van der Waals surface area contributed by atoms with Crippen molar-refractivity contribution in [1.82, 2.24) is 4.98 Å². The average Bonchev–Trinajstić information content (AvgIpc) is 2.91. The number of hydrogen-bond donors (Lipinski definition) is 1. The van der Waals surface area contributed by atoms with Crippen molar-refractivity contribution >= 4 is 22.8 Å². The maximum atomic E-state index is 11.0. The zero-order chi connectivity index (χ0) is 13.7. The fourth-order valence-electron chi connectivity index (χ4n) is 1.76. The molecule has 100 valence electrons. The molecule has 0 aliphatic heterocycles. The molecule has 7 heteroatoms. The largest absolute Gasteiger partial charge is 0.395 e. The first kappa shape index (κ1) is 13.4. The van der Waals surface area contributed by atoms with Gasteiger partial charge in [0.2, 0.25) is 5.82 Å². The SMILES string of the molecule is O=[N+]([O-])c1cccnc1N(CCO)Cc1ccsc1. The lowest BCUT2D eigenvalue weighted by molar-refractivity contribution is -0.384. The van der Waals surface area contributed by atoms with Crippen LogP contribution in [0.3, 0.4) is 0 Å². The molecule has 0 radical (unpaired) electrons. The van der Waals surface area contributed by atoms with E-state index in [-0.39, 0.29) is 18.1 Å². The zero-order valence-corrected chi connectivity index (χ0v) is 10.9. The predicted molar refractivity (Wildman–Crippen MR) is 73.3 cm³/mol. The quantitative estimate of drug-likeness (QED) is 0.646. The topological polar surface area (TPSA) is 79.5 Å². The lowest BCUT2D eigenvalue weighted by Gasteiger charge is -2.21. The van der Waals surface area contributed by atoms with Crippen molar-refractivity contribution in [2.24, 2.45) is 0 Å². The van der Waals surface area contributed by atoms with Crippen molar-refractivity contribution < 1.29 is 10.0 Å². The normalized spacial score (nSPS) is 10.4. The molecule has 0 bridgehead atoms. The number of aliphatic hydroxyl groups excluding tert-OH is 1. The van der Waals surface area contributed by atoms with Crippen molar-refractivity contribution in [1.29, 1.82) is 0 Å². The number of anilines is 1. The van der Waals surface area contributed by atoms with Gasteiger partial charge in [0, 0.05) is 25.4 Å². The second kappa shape index (κ2) is 6.26. The van der Waals surface area contributed by atoms with Gasteiger partial charge in [0.15, 0.2) is 0 Å². The summed E-state index contributed by atoms with van der Waals surface area (Å²) < 4.78 is 0. The molecule has 2 aromatic rings. The molecular weight excluding hydrogens is 266 g/mol. The monoisotopic (exact) mass is 279 g/mol. The molecule has 0 aliphatic carbocycles. The van der Waals surface area contributed by atoms with E-state index in [0.29, 0.717) is 13.1 Å². The Labute approximate surface area is 114 Å². The smallest absolute Gasteiger partial charge is 0.311 e. The molecule has 0 fully saturated rings. The molecule has 1 N–H and O–H groups in total. The molecular formula is C12H13N3O3S. The van der Waals surface area contributed by atoms with Crippen LogP contribution in [0.5, 0.6) is 0 Å². The van der Waals surface area contributed by atoms with Gasteiger partial charge in [0.05, 0.1) is 11.5 Å². The van der Waals surface area contributed by atoms with Crippen LogP contribution in [0.15, 0.2) is 35.2 Å². The Morgan fingerprint density at radius 3 is 2.95 bits per heavy atom. The maximum absolute atomic E-state index is 11.0. The molecule has 2 rings (SSSR count). The number of rotatable bonds is 6. The Bertz CT molecular complexity index is 545. The fourth-order valence-corrected chi connectivity index (χ4v) is 2.42. The molecule has 0 unspecified atom stereocenters. The Balaban J connectivity index is 2.30. The molecule has 0 aromatic carbocycles. The summed E-state index contributed by atoms with van der Waals surface area (Å²) in [6.07, 6.45) is 1.51.